The minimum Gasteiger partial charge on any atom is -0.369 e. The lowest BCUT2D eigenvalue weighted by Crippen LogP contribution is -2.17. The Morgan fingerprint density at radius 3 is 2.67 bits per heavy atom. The molecule has 1 unspecified atom stereocenters. The van der Waals surface area contributed by atoms with Gasteiger partial charge in [-0.05, 0) is 10.8 Å². The number of hydrogen-bond donors (Lipinski definition) is 0. The Kier molecular flexibility index (Phi) is 3.78. The molecule has 0 aliphatic rings. The molecule has 1 heterocycles. The number of hydrogen-bond acceptors (Lipinski definition) is 5. The third-order valence-corrected chi connectivity index (χ3v) is 2.51. The maximum absolute atomic E-state index is 12.1. The van der Waals surface area contributed by atoms with E-state index in [0.29, 0.717) is 5.82 Å². The van der Waals surface area contributed by atoms with E-state index < -0.39 is 6.10 Å². The topological polar surface area (TPSA) is 69.9 Å². The van der Waals surface area contributed by atoms with Gasteiger partial charge in [0.25, 0.3) is 0 Å². The van der Waals surface area contributed by atoms with Gasteiger partial charge in [-0.2, -0.15) is 4.80 Å². The maximum atomic E-state index is 12.1. The Labute approximate surface area is 105 Å². The zero-order valence-corrected chi connectivity index (χ0v) is 10.3. The summed E-state index contributed by atoms with van der Waals surface area (Å²) >= 11 is 0. The van der Waals surface area contributed by atoms with Crippen LogP contribution in [0.25, 0.3) is 0 Å². The van der Waals surface area contributed by atoms with Gasteiger partial charge in [-0.3, -0.25) is 4.79 Å². The maximum Gasteiger partial charge on any atom is 0.182 e. The molecule has 0 aliphatic heterocycles. The number of carbonyl (C=O) groups excluding carboxylic acids is 1. The molecule has 18 heavy (non-hydrogen) atoms. The number of rotatable bonds is 5. The van der Waals surface area contributed by atoms with Gasteiger partial charge >= 0.3 is 0 Å². The molecule has 0 aliphatic carbocycles. The average Bonchev–Trinajstić information content (AvgIpc) is 2.77. The first-order valence-electron chi connectivity index (χ1n) is 5.54. The van der Waals surface area contributed by atoms with Gasteiger partial charge in [-0.15, -0.1) is 10.2 Å². The van der Waals surface area contributed by atoms with Crippen LogP contribution in [0.1, 0.15) is 17.5 Å². The molecule has 0 saturated carbocycles. The molecule has 0 saturated heterocycles. The van der Waals surface area contributed by atoms with Crippen molar-refractivity contribution >= 4 is 5.78 Å². The Bertz CT molecular complexity index is 524. The van der Waals surface area contributed by atoms with E-state index in [0.717, 1.165) is 5.56 Å². The molecule has 2 aromatic rings. The van der Waals surface area contributed by atoms with Crippen molar-refractivity contribution in [3.05, 3.63) is 41.7 Å². The third kappa shape index (κ3) is 2.78. The second-order valence-corrected chi connectivity index (χ2v) is 3.86. The van der Waals surface area contributed by atoms with Crippen LogP contribution in [0.3, 0.4) is 0 Å². The number of methoxy groups -OCH3 is 1. The highest BCUT2D eigenvalue weighted by atomic mass is 16.5. The highest BCUT2D eigenvalue weighted by Gasteiger charge is 2.21. The summed E-state index contributed by atoms with van der Waals surface area (Å²) in [5.74, 6) is 0.317. The molecule has 0 fully saturated rings. The number of ether oxygens (including phenoxy) is 1. The first-order chi connectivity index (χ1) is 8.70. The van der Waals surface area contributed by atoms with E-state index in [2.05, 4.69) is 15.4 Å². The van der Waals surface area contributed by atoms with E-state index in [1.807, 2.05) is 30.3 Å². The molecule has 1 aromatic carbocycles. The number of tetrazole rings is 1. The van der Waals surface area contributed by atoms with Crippen LogP contribution < -0.4 is 0 Å². The van der Waals surface area contributed by atoms with Gasteiger partial charge in [0.2, 0.25) is 0 Å². The van der Waals surface area contributed by atoms with Gasteiger partial charge in [-0.1, -0.05) is 30.3 Å². The van der Waals surface area contributed by atoms with Crippen molar-refractivity contribution in [1.29, 1.82) is 0 Å². The lowest BCUT2D eigenvalue weighted by Gasteiger charge is -2.13. The number of aryl methyl sites for hydroxylation is 1. The first-order valence-corrected chi connectivity index (χ1v) is 5.54. The van der Waals surface area contributed by atoms with Crippen LogP contribution in [0.4, 0.5) is 0 Å². The zero-order chi connectivity index (χ0) is 13.0. The van der Waals surface area contributed by atoms with Crippen molar-refractivity contribution in [3.8, 4) is 0 Å². The number of Topliss-reactive ketones (excluding diaryl/α,β-unsaturated/α-hetero) is 1. The molecule has 0 radical (unpaired) electrons. The van der Waals surface area contributed by atoms with Gasteiger partial charge in [0, 0.05) is 7.11 Å². The Morgan fingerprint density at radius 1 is 1.39 bits per heavy atom. The molecule has 1 aromatic heterocycles. The van der Waals surface area contributed by atoms with Crippen molar-refractivity contribution in [1.82, 2.24) is 20.2 Å². The molecule has 0 bridgehead atoms. The molecule has 0 spiro atoms. The van der Waals surface area contributed by atoms with Crippen molar-refractivity contribution < 1.29 is 9.53 Å². The molecular formula is C12H14N4O2. The van der Waals surface area contributed by atoms with E-state index in [1.54, 1.807) is 7.05 Å². The molecule has 6 heteroatoms. The molecule has 1 atom stereocenters. The second-order valence-electron chi connectivity index (χ2n) is 3.86. The van der Waals surface area contributed by atoms with Crippen LogP contribution in [0.15, 0.2) is 30.3 Å². The van der Waals surface area contributed by atoms with Crippen LogP contribution in [-0.4, -0.2) is 33.1 Å². The summed E-state index contributed by atoms with van der Waals surface area (Å²) in [6.07, 6.45) is -0.476. The second kappa shape index (κ2) is 5.50. The Hall–Kier alpha value is -2.08. The van der Waals surface area contributed by atoms with Gasteiger partial charge in [0.15, 0.2) is 11.6 Å². The number of benzene rings is 1. The number of ketones is 1. The first kappa shape index (κ1) is 12.4. The minimum atomic E-state index is -0.588. The summed E-state index contributed by atoms with van der Waals surface area (Å²) < 4.78 is 5.24. The highest BCUT2D eigenvalue weighted by molar-refractivity contribution is 5.85. The fourth-order valence-corrected chi connectivity index (χ4v) is 1.72. The van der Waals surface area contributed by atoms with Crippen molar-refractivity contribution in [2.45, 2.75) is 12.5 Å². The molecule has 2 rings (SSSR count). The number of nitrogens with zero attached hydrogens (tertiary/aromatic N) is 4. The SMILES string of the molecule is COC(C(=O)Cc1nnn(C)n1)c1ccccc1. The van der Waals surface area contributed by atoms with Gasteiger partial charge in [0.05, 0.1) is 13.5 Å². The van der Waals surface area contributed by atoms with Crippen molar-refractivity contribution in [2.24, 2.45) is 7.05 Å². The zero-order valence-electron chi connectivity index (χ0n) is 10.3. The van der Waals surface area contributed by atoms with Gasteiger partial charge in [0.1, 0.15) is 6.10 Å². The molecule has 6 nitrogen and oxygen atoms in total. The summed E-state index contributed by atoms with van der Waals surface area (Å²) in [4.78, 5) is 13.4. The van der Waals surface area contributed by atoms with E-state index in [1.165, 1.54) is 11.9 Å². The van der Waals surface area contributed by atoms with Gasteiger partial charge in [-0.25, -0.2) is 0 Å². The van der Waals surface area contributed by atoms with Gasteiger partial charge < -0.3 is 4.74 Å². The lowest BCUT2D eigenvalue weighted by atomic mass is 10.0. The van der Waals surface area contributed by atoms with E-state index >= 15 is 0 Å². The van der Waals surface area contributed by atoms with E-state index in [9.17, 15) is 4.79 Å². The normalized spacial score (nSPS) is 12.3. The monoisotopic (exact) mass is 246 g/mol. The van der Waals surface area contributed by atoms with Crippen LogP contribution in [0.5, 0.6) is 0 Å². The summed E-state index contributed by atoms with van der Waals surface area (Å²) in [5, 5.41) is 11.5. The van der Waals surface area contributed by atoms with Crippen LogP contribution in [0.2, 0.25) is 0 Å². The van der Waals surface area contributed by atoms with Crippen molar-refractivity contribution in [2.75, 3.05) is 7.11 Å². The fourth-order valence-electron chi connectivity index (χ4n) is 1.72. The standard InChI is InChI=1S/C12H14N4O2/c1-16-14-11(13-15-16)8-10(17)12(18-2)9-6-4-3-5-7-9/h3-7,12H,8H2,1-2H3. The highest BCUT2D eigenvalue weighted by Crippen LogP contribution is 2.18. The largest absolute Gasteiger partial charge is 0.369 e. The number of carbonyl (C=O) groups is 1. The smallest absolute Gasteiger partial charge is 0.182 e. The summed E-state index contributed by atoms with van der Waals surface area (Å²) in [6.45, 7) is 0. The quantitative estimate of drug-likeness (QED) is 0.777. The van der Waals surface area contributed by atoms with Crippen LogP contribution in [0, 0.1) is 0 Å². The predicted molar refractivity (Wildman–Crippen MR) is 63.7 cm³/mol. The van der Waals surface area contributed by atoms with Crippen LogP contribution >= 0.6 is 0 Å². The fraction of sp³-hybridized carbons (Fsp3) is 0.333. The summed E-state index contributed by atoms with van der Waals surface area (Å²) in [6, 6.07) is 9.35. The molecule has 0 N–H and O–H groups in total. The molecule has 0 amide bonds. The van der Waals surface area contributed by atoms with E-state index in [4.69, 9.17) is 4.74 Å². The third-order valence-electron chi connectivity index (χ3n) is 2.51. The predicted octanol–water partition coefficient (Wildman–Crippen LogP) is 0.709. The van der Waals surface area contributed by atoms with Crippen LogP contribution in [-0.2, 0) is 23.0 Å². The Balaban J connectivity index is 2.11. The lowest BCUT2D eigenvalue weighted by molar-refractivity contribution is -0.128. The van der Waals surface area contributed by atoms with Crippen molar-refractivity contribution in [3.63, 3.8) is 0 Å². The summed E-state index contributed by atoms with van der Waals surface area (Å²) in [7, 11) is 3.17. The molecule has 94 valence electrons. The average molecular weight is 246 g/mol. The minimum absolute atomic E-state index is 0.0864. The molecular weight excluding hydrogens is 232 g/mol. The summed E-state index contributed by atoms with van der Waals surface area (Å²) in [5.41, 5.74) is 0.828. The Morgan fingerprint density at radius 2 is 2.11 bits per heavy atom. The van der Waals surface area contributed by atoms with E-state index in [-0.39, 0.29) is 12.2 Å². The number of aromatic nitrogens is 4.